The van der Waals surface area contributed by atoms with E-state index in [1.54, 1.807) is 30.3 Å². The van der Waals surface area contributed by atoms with Crippen LogP contribution in [0.2, 0.25) is 0 Å². The number of nitrogens with zero attached hydrogens (tertiary/aromatic N) is 2. The molecule has 7 nitrogen and oxygen atoms in total. The van der Waals surface area contributed by atoms with Crippen molar-refractivity contribution in [3.05, 3.63) is 65.6 Å². The SMILES string of the molecule is CC(=O)Nc1ccc(O)c(-c2cc(C3CC3)n(C(=O)NCc3cccc(F)c3)n2)c1. The summed E-state index contributed by atoms with van der Waals surface area (Å²) in [5.41, 5.74) is 2.77. The Balaban J connectivity index is 1.61. The van der Waals surface area contributed by atoms with Crippen molar-refractivity contribution < 1.29 is 19.1 Å². The van der Waals surface area contributed by atoms with Crippen LogP contribution in [0.15, 0.2) is 48.5 Å². The third-order valence-electron chi connectivity index (χ3n) is 4.85. The summed E-state index contributed by atoms with van der Waals surface area (Å²) < 4.78 is 14.7. The lowest BCUT2D eigenvalue weighted by Crippen LogP contribution is -2.30. The summed E-state index contributed by atoms with van der Waals surface area (Å²) in [5, 5.41) is 20.1. The number of anilines is 1. The van der Waals surface area contributed by atoms with Crippen LogP contribution < -0.4 is 10.6 Å². The number of phenolic OH excluding ortho intramolecular Hbond substituents is 1. The Hall–Kier alpha value is -3.68. The summed E-state index contributed by atoms with van der Waals surface area (Å²) in [7, 11) is 0. The van der Waals surface area contributed by atoms with Gasteiger partial charge in [-0.15, -0.1) is 0 Å². The van der Waals surface area contributed by atoms with E-state index in [4.69, 9.17) is 0 Å². The van der Waals surface area contributed by atoms with Crippen LogP contribution in [0.3, 0.4) is 0 Å². The van der Waals surface area contributed by atoms with E-state index in [-0.39, 0.29) is 29.9 Å². The smallest absolute Gasteiger partial charge is 0.342 e. The van der Waals surface area contributed by atoms with Crippen molar-refractivity contribution in [3.63, 3.8) is 0 Å². The third-order valence-corrected chi connectivity index (χ3v) is 4.85. The minimum Gasteiger partial charge on any atom is -0.507 e. The molecule has 0 radical (unpaired) electrons. The summed E-state index contributed by atoms with van der Waals surface area (Å²) in [4.78, 5) is 24.1. The number of rotatable bonds is 5. The van der Waals surface area contributed by atoms with Crippen molar-refractivity contribution in [1.82, 2.24) is 15.1 Å². The highest BCUT2D eigenvalue weighted by atomic mass is 19.1. The summed E-state index contributed by atoms with van der Waals surface area (Å²) >= 11 is 0. The largest absolute Gasteiger partial charge is 0.507 e. The molecular formula is C22H21FN4O3. The van der Waals surface area contributed by atoms with E-state index in [9.17, 15) is 19.1 Å². The van der Waals surface area contributed by atoms with E-state index in [2.05, 4.69) is 15.7 Å². The van der Waals surface area contributed by atoms with Gasteiger partial charge in [-0.05, 0) is 54.8 Å². The van der Waals surface area contributed by atoms with Crippen LogP contribution in [0.1, 0.15) is 36.9 Å². The van der Waals surface area contributed by atoms with E-state index >= 15 is 0 Å². The van der Waals surface area contributed by atoms with Gasteiger partial charge in [0.1, 0.15) is 11.6 Å². The van der Waals surface area contributed by atoms with Gasteiger partial charge in [-0.2, -0.15) is 9.78 Å². The fourth-order valence-corrected chi connectivity index (χ4v) is 3.28. The molecule has 8 heteroatoms. The Bertz CT molecular complexity index is 1120. The Kier molecular flexibility index (Phi) is 5.22. The maximum Gasteiger partial charge on any atom is 0.342 e. The lowest BCUT2D eigenvalue weighted by Gasteiger charge is -2.08. The molecule has 4 rings (SSSR count). The van der Waals surface area contributed by atoms with Crippen molar-refractivity contribution in [3.8, 4) is 17.0 Å². The number of amides is 2. The Labute approximate surface area is 172 Å². The van der Waals surface area contributed by atoms with Crippen LogP contribution in [-0.4, -0.2) is 26.8 Å². The predicted molar refractivity (Wildman–Crippen MR) is 110 cm³/mol. The Morgan fingerprint density at radius 1 is 1.20 bits per heavy atom. The molecule has 154 valence electrons. The minimum absolute atomic E-state index is 0.00346. The molecule has 0 bridgehead atoms. The lowest BCUT2D eigenvalue weighted by atomic mass is 10.1. The van der Waals surface area contributed by atoms with Crippen LogP contribution in [0.5, 0.6) is 5.75 Å². The van der Waals surface area contributed by atoms with Gasteiger partial charge in [-0.3, -0.25) is 4.79 Å². The van der Waals surface area contributed by atoms with Gasteiger partial charge in [0.2, 0.25) is 5.91 Å². The standard InChI is InChI=1S/C22H21FN4O3/c1-13(28)25-17-7-8-21(29)18(10-17)19-11-20(15-5-6-15)27(26-19)22(30)24-12-14-3-2-4-16(23)9-14/h2-4,7-11,15,29H,5-6,12H2,1H3,(H,24,30)(H,25,28). The van der Waals surface area contributed by atoms with Gasteiger partial charge in [0.05, 0.1) is 11.4 Å². The summed E-state index contributed by atoms with van der Waals surface area (Å²) in [6.45, 7) is 1.56. The number of hydrogen-bond donors (Lipinski definition) is 3. The van der Waals surface area contributed by atoms with Crippen molar-refractivity contribution >= 4 is 17.6 Å². The lowest BCUT2D eigenvalue weighted by molar-refractivity contribution is -0.114. The molecule has 1 fully saturated rings. The highest BCUT2D eigenvalue weighted by Gasteiger charge is 2.30. The van der Waals surface area contributed by atoms with Crippen LogP contribution in [-0.2, 0) is 11.3 Å². The predicted octanol–water partition coefficient (Wildman–Crippen LogP) is 3.99. The number of benzene rings is 2. The average molecular weight is 408 g/mol. The monoisotopic (exact) mass is 408 g/mol. The molecule has 2 amide bonds. The van der Waals surface area contributed by atoms with Crippen molar-refractivity contribution in [2.24, 2.45) is 0 Å². The zero-order chi connectivity index (χ0) is 21.3. The first-order valence-electron chi connectivity index (χ1n) is 9.64. The number of aromatic hydroxyl groups is 1. The fraction of sp³-hybridized carbons (Fsp3) is 0.227. The van der Waals surface area contributed by atoms with E-state index in [0.29, 0.717) is 22.5 Å². The molecule has 1 saturated carbocycles. The second kappa shape index (κ2) is 7.98. The highest BCUT2D eigenvalue weighted by Crippen LogP contribution is 2.42. The number of nitrogens with one attached hydrogen (secondary N) is 2. The van der Waals surface area contributed by atoms with Gasteiger partial charge in [0.15, 0.2) is 0 Å². The first-order valence-corrected chi connectivity index (χ1v) is 9.64. The zero-order valence-corrected chi connectivity index (χ0v) is 16.4. The fourth-order valence-electron chi connectivity index (χ4n) is 3.28. The second-order valence-electron chi connectivity index (χ2n) is 7.34. The van der Waals surface area contributed by atoms with Crippen LogP contribution in [0.25, 0.3) is 11.3 Å². The molecule has 1 aliphatic carbocycles. The number of halogens is 1. The zero-order valence-electron chi connectivity index (χ0n) is 16.4. The molecule has 2 aromatic carbocycles. The quantitative estimate of drug-likeness (QED) is 0.556. The molecule has 0 saturated heterocycles. The maximum atomic E-state index is 13.4. The highest BCUT2D eigenvalue weighted by molar-refractivity contribution is 5.90. The van der Waals surface area contributed by atoms with E-state index in [1.807, 2.05) is 0 Å². The van der Waals surface area contributed by atoms with Gasteiger partial charge in [0, 0.05) is 30.6 Å². The Morgan fingerprint density at radius 3 is 2.70 bits per heavy atom. The van der Waals surface area contributed by atoms with Crippen molar-refractivity contribution in [1.29, 1.82) is 0 Å². The molecule has 0 atom stereocenters. The first-order chi connectivity index (χ1) is 14.4. The van der Waals surface area contributed by atoms with Gasteiger partial charge in [0.25, 0.3) is 0 Å². The van der Waals surface area contributed by atoms with E-state index < -0.39 is 6.03 Å². The summed E-state index contributed by atoms with van der Waals surface area (Å²) in [6, 6.07) is 12.1. The second-order valence-corrected chi connectivity index (χ2v) is 7.34. The number of aromatic nitrogens is 2. The molecular weight excluding hydrogens is 387 g/mol. The van der Waals surface area contributed by atoms with Gasteiger partial charge < -0.3 is 15.7 Å². The Morgan fingerprint density at radius 2 is 2.00 bits per heavy atom. The van der Waals surface area contributed by atoms with Crippen LogP contribution >= 0.6 is 0 Å². The number of phenols is 1. The third kappa shape index (κ3) is 4.32. The molecule has 0 unspecified atom stereocenters. The van der Waals surface area contributed by atoms with E-state index in [1.165, 1.54) is 29.8 Å². The number of hydrogen-bond acceptors (Lipinski definition) is 4. The van der Waals surface area contributed by atoms with Crippen molar-refractivity contribution in [2.45, 2.75) is 32.2 Å². The summed E-state index contributed by atoms with van der Waals surface area (Å²) in [6.07, 6.45) is 1.92. The first kappa shape index (κ1) is 19.6. The van der Waals surface area contributed by atoms with Gasteiger partial charge in [-0.25, -0.2) is 9.18 Å². The molecule has 0 aliphatic heterocycles. The molecule has 3 N–H and O–H groups in total. The molecule has 3 aromatic rings. The molecule has 1 heterocycles. The molecule has 0 spiro atoms. The van der Waals surface area contributed by atoms with Crippen LogP contribution in [0.4, 0.5) is 14.9 Å². The topological polar surface area (TPSA) is 96.2 Å². The minimum atomic E-state index is -0.426. The average Bonchev–Trinajstić information content (AvgIpc) is 3.46. The summed E-state index contributed by atoms with van der Waals surface area (Å²) in [5.74, 6) is -0.369. The van der Waals surface area contributed by atoms with Gasteiger partial charge in [-0.1, -0.05) is 12.1 Å². The normalized spacial score (nSPS) is 13.1. The molecule has 1 aliphatic rings. The molecule has 30 heavy (non-hydrogen) atoms. The number of carbonyl (C=O) groups excluding carboxylic acids is 2. The number of carbonyl (C=O) groups is 2. The van der Waals surface area contributed by atoms with Gasteiger partial charge >= 0.3 is 6.03 Å². The van der Waals surface area contributed by atoms with Crippen molar-refractivity contribution in [2.75, 3.05) is 5.32 Å². The van der Waals surface area contributed by atoms with E-state index in [0.717, 1.165) is 18.5 Å². The molecule has 1 aromatic heterocycles. The maximum absolute atomic E-state index is 13.4. The van der Waals surface area contributed by atoms with Crippen LogP contribution in [0, 0.1) is 5.82 Å².